The van der Waals surface area contributed by atoms with E-state index in [2.05, 4.69) is 0 Å². The second-order valence-electron chi connectivity index (χ2n) is 8.02. The van der Waals surface area contributed by atoms with Crippen molar-refractivity contribution in [2.24, 2.45) is 5.92 Å². The number of thiophene rings is 1. The van der Waals surface area contributed by atoms with Gasteiger partial charge in [-0.05, 0) is 53.6 Å². The first-order chi connectivity index (χ1) is 14.9. The van der Waals surface area contributed by atoms with Crippen molar-refractivity contribution in [3.8, 4) is 5.75 Å². The molecule has 31 heavy (non-hydrogen) atoms. The minimum atomic E-state index is -0.326. The molecule has 2 aromatic rings. The summed E-state index contributed by atoms with van der Waals surface area (Å²) in [4.78, 5) is 30.3. The fourth-order valence-corrected chi connectivity index (χ4v) is 4.67. The Kier molecular flexibility index (Phi) is 8.03. The normalized spacial score (nSPS) is 15.6. The van der Waals surface area contributed by atoms with Gasteiger partial charge in [0.2, 0.25) is 11.8 Å². The molecular weight excluding hydrogens is 419 g/mol. The van der Waals surface area contributed by atoms with Crippen LogP contribution in [0.3, 0.4) is 0 Å². The average molecular weight is 449 g/mol. The van der Waals surface area contributed by atoms with E-state index in [1.807, 2.05) is 25.3 Å². The van der Waals surface area contributed by atoms with Gasteiger partial charge < -0.3 is 19.3 Å². The summed E-state index contributed by atoms with van der Waals surface area (Å²) in [6, 6.07) is 7.62. The number of hydrogen-bond donors (Lipinski definition) is 0. The molecule has 0 saturated carbocycles. The molecule has 0 saturated heterocycles. The molecule has 168 valence electrons. The Balaban J connectivity index is 1.75. The third-order valence-corrected chi connectivity index (χ3v) is 6.17. The summed E-state index contributed by atoms with van der Waals surface area (Å²) in [7, 11) is 1.47. The van der Waals surface area contributed by atoms with E-state index in [1.54, 1.807) is 33.3 Å². The van der Waals surface area contributed by atoms with E-state index in [0.29, 0.717) is 18.8 Å². The van der Waals surface area contributed by atoms with Crippen molar-refractivity contribution in [3.05, 3.63) is 52.0 Å². The number of amides is 2. The van der Waals surface area contributed by atoms with Crippen molar-refractivity contribution in [2.75, 3.05) is 40.0 Å². The highest BCUT2D eigenvalue weighted by Gasteiger charge is 2.33. The Morgan fingerprint density at radius 3 is 2.68 bits per heavy atom. The van der Waals surface area contributed by atoms with Crippen LogP contribution in [-0.4, -0.2) is 61.6 Å². The van der Waals surface area contributed by atoms with Crippen molar-refractivity contribution in [1.29, 1.82) is 0 Å². The Morgan fingerprint density at radius 2 is 2.00 bits per heavy atom. The molecule has 0 bridgehead atoms. The molecule has 0 fully saturated rings. The van der Waals surface area contributed by atoms with Crippen LogP contribution >= 0.6 is 11.3 Å². The summed E-state index contributed by atoms with van der Waals surface area (Å²) in [5, 5.41) is 2.02. The monoisotopic (exact) mass is 448 g/mol. The molecular formula is C23H29FN2O4S. The minimum absolute atomic E-state index is 0.00684. The van der Waals surface area contributed by atoms with Gasteiger partial charge in [0, 0.05) is 25.1 Å². The summed E-state index contributed by atoms with van der Waals surface area (Å²) < 4.78 is 24.1. The topological polar surface area (TPSA) is 59.1 Å². The number of halogens is 1. The number of rotatable bonds is 9. The van der Waals surface area contributed by atoms with Crippen molar-refractivity contribution in [3.63, 3.8) is 0 Å². The minimum Gasteiger partial charge on any atom is -0.491 e. The maximum absolute atomic E-state index is 13.3. The number of nitrogens with zero attached hydrogens (tertiary/aromatic N) is 2. The zero-order valence-corrected chi connectivity index (χ0v) is 19.0. The molecule has 1 unspecified atom stereocenters. The van der Waals surface area contributed by atoms with Gasteiger partial charge in [0.25, 0.3) is 0 Å². The van der Waals surface area contributed by atoms with Gasteiger partial charge in [-0.2, -0.15) is 0 Å². The van der Waals surface area contributed by atoms with Gasteiger partial charge in [-0.1, -0.05) is 13.8 Å². The number of carbonyl (C=O) groups is 2. The molecule has 0 spiro atoms. The third kappa shape index (κ3) is 6.04. The van der Waals surface area contributed by atoms with E-state index in [0.717, 1.165) is 12.0 Å². The van der Waals surface area contributed by atoms with Crippen molar-refractivity contribution < 1.29 is 23.5 Å². The zero-order chi connectivity index (χ0) is 22.4. The lowest BCUT2D eigenvalue weighted by Crippen LogP contribution is -2.49. The molecule has 6 nitrogen and oxygen atoms in total. The van der Waals surface area contributed by atoms with Crippen LogP contribution in [0.25, 0.3) is 0 Å². The van der Waals surface area contributed by atoms with Gasteiger partial charge in [0.15, 0.2) is 0 Å². The standard InChI is InChI=1S/C23H29FN2O4S/c1-16(2)12-25(23(28)15-29-3)13-22(27)26-10-8-21-19(9-11-31-21)20(26)14-30-18-6-4-17(24)5-7-18/h4-7,9,11,16,20H,8,10,12-15H2,1-3H3. The predicted octanol–water partition coefficient (Wildman–Crippen LogP) is 3.52. The van der Waals surface area contributed by atoms with E-state index in [4.69, 9.17) is 9.47 Å². The van der Waals surface area contributed by atoms with Crippen LogP contribution in [0, 0.1) is 11.7 Å². The first-order valence-corrected chi connectivity index (χ1v) is 11.3. The highest BCUT2D eigenvalue weighted by atomic mass is 32.1. The predicted molar refractivity (Wildman–Crippen MR) is 118 cm³/mol. The third-order valence-electron chi connectivity index (χ3n) is 5.17. The molecule has 2 heterocycles. The molecule has 0 radical (unpaired) electrons. The summed E-state index contributed by atoms with van der Waals surface area (Å²) in [6.07, 6.45) is 0.780. The molecule has 2 amide bonds. The smallest absolute Gasteiger partial charge is 0.249 e. The lowest BCUT2D eigenvalue weighted by molar-refractivity contribution is -0.145. The highest BCUT2D eigenvalue weighted by molar-refractivity contribution is 7.10. The van der Waals surface area contributed by atoms with Crippen molar-refractivity contribution in [1.82, 2.24) is 9.80 Å². The van der Waals surface area contributed by atoms with Crippen molar-refractivity contribution in [2.45, 2.75) is 26.3 Å². The van der Waals surface area contributed by atoms with Crippen LogP contribution in [0.15, 0.2) is 35.7 Å². The van der Waals surface area contributed by atoms with E-state index >= 15 is 0 Å². The average Bonchev–Trinajstić information content (AvgIpc) is 3.21. The van der Waals surface area contributed by atoms with Crippen LogP contribution in [0.5, 0.6) is 5.75 Å². The second kappa shape index (κ2) is 10.7. The van der Waals surface area contributed by atoms with Crippen molar-refractivity contribution >= 4 is 23.2 Å². The van der Waals surface area contributed by atoms with Crippen LogP contribution in [0.2, 0.25) is 0 Å². The summed E-state index contributed by atoms with van der Waals surface area (Å²) in [6.45, 7) is 5.29. The van der Waals surface area contributed by atoms with E-state index in [9.17, 15) is 14.0 Å². The van der Waals surface area contributed by atoms with Crippen LogP contribution in [0.1, 0.15) is 30.3 Å². The van der Waals surface area contributed by atoms with Crippen LogP contribution < -0.4 is 4.74 Å². The van der Waals surface area contributed by atoms with E-state index < -0.39 is 0 Å². The van der Waals surface area contributed by atoms with E-state index in [1.165, 1.54) is 24.1 Å². The maximum Gasteiger partial charge on any atom is 0.249 e. The largest absolute Gasteiger partial charge is 0.491 e. The molecule has 0 N–H and O–H groups in total. The lowest BCUT2D eigenvalue weighted by atomic mass is 10.0. The fourth-order valence-electron chi connectivity index (χ4n) is 3.74. The number of benzene rings is 1. The van der Waals surface area contributed by atoms with Gasteiger partial charge in [0.1, 0.15) is 24.8 Å². The molecule has 1 aliphatic rings. The zero-order valence-electron chi connectivity index (χ0n) is 18.2. The molecule has 0 aliphatic carbocycles. The van der Waals surface area contributed by atoms with E-state index in [-0.39, 0.29) is 49.3 Å². The number of hydrogen-bond acceptors (Lipinski definition) is 5. The Bertz CT molecular complexity index is 884. The number of ether oxygens (including phenoxy) is 2. The lowest BCUT2D eigenvalue weighted by Gasteiger charge is -2.37. The summed E-state index contributed by atoms with van der Waals surface area (Å²) in [5.74, 6) is 0.142. The second-order valence-corrected chi connectivity index (χ2v) is 9.02. The van der Waals surface area contributed by atoms with Gasteiger partial charge in [-0.3, -0.25) is 9.59 Å². The molecule has 1 aliphatic heterocycles. The van der Waals surface area contributed by atoms with Gasteiger partial charge in [-0.25, -0.2) is 4.39 Å². The van der Waals surface area contributed by atoms with Crippen LogP contribution in [-0.2, 0) is 20.7 Å². The quantitative estimate of drug-likeness (QED) is 0.589. The SMILES string of the molecule is COCC(=O)N(CC(=O)N1CCc2sccc2C1COc1ccc(F)cc1)CC(C)C. The number of carbonyl (C=O) groups excluding carboxylic acids is 2. The first kappa shape index (κ1) is 23.2. The summed E-state index contributed by atoms with van der Waals surface area (Å²) in [5.41, 5.74) is 1.07. The Morgan fingerprint density at radius 1 is 1.26 bits per heavy atom. The Hall–Kier alpha value is -2.45. The van der Waals surface area contributed by atoms with Gasteiger partial charge >= 0.3 is 0 Å². The number of methoxy groups -OCH3 is 1. The van der Waals surface area contributed by atoms with Crippen LogP contribution in [0.4, 0.5) is 4.39 Å². The number of fused-ring (bicyclic) bond motifs is 1. The Labute approximate surface area is 186 Å². The van der Waals surface area contributed by atoms with Gasteiger partial charge in [-0.15, -0.1) is 11.3 Å². The molecule has 1 aromatic heterocycles. The molecule has 1 atom stereocenters. The summed E-state index contributed by atoms with van der Waals surface area (Å²) >= 11 is 1.68. The maximum atomic E-state index is 13.3. The first-order valence-electron chi connectivity index (χ1n) is 10.4. The molecule has 8 heteroatoms. The molecule has 1 aromatic carbocycles. The fraction of sp³-hybridized carbons (Fsp3) is 0.478. The van der Waals surface area contributed by atoms with Gasteiger partial charge in [0.05, 0.1) is 12.6 Å². The highest BCUT2D eigenvalue weighted by Crippen LogP contribution is 2.34. The molecule has 3 rings (SSSR count).